The molecule has 0 spiro atoms. The predicted molar refractivity (Wildman–Crippen MR) is 58.6 cm³/mol. The van der Waals surface area contributed by atoms with Crippen LogP contribution in [0.15, 0.2) is 0 Å². The molecule has 2 nitrogen and oxygen atoms in total. The molecule has 0 rings (SSSR count). The molecular formula is C8H22O2Si2. The van der Waals surface area contributed by atoms with Crippen molar-refractivity contribution in [2.45, 2.75) is 39.5 Å². The van der Waals surface area contributed by atoms with Crippen LogP contribution in [0, 0.1) is 0 Å². The van der Waals surface area contributed by atoms with Gasteiger partial charge in [-0.05, 0) is 32.6 Å². The lowest BCUT2D eigenvalue weighted by Crippen LogP contribution is -2.40. The number of ether oxygens (including phenoxy) is 1. The summed E-state index contributed by atoms with van der Waals surface area (Å²) in [4.78, 5) is 0. The molecule has 4 heteroatoms. The van der Waals surface area contributed by atoms with E-state index < -0.39 is 17.4 Å². The zero-order valence-electron chi connectivity index (χ0n) is 9.02. The molecule has 0 atom stereocenters. The minimum absolute atomic E-state index is 0.853. The highest BCUT2D eigenvalue weighted by atomic mass is 28.4. The Labute approximate surface area is 79.1 Å². The summed E-state index contributed by atoms with van der Waals surface area (Å²) in [5.41, 5.74) is 0. The fourth-order valence-electron chi connectivity index (χ4n) is 1.13. The average Bonchev–Trinajstić information content (AvgIpc) is 1.84. The summed E-state index contributed by atoms with van der Waals surface area (Å²) in [7, 11) is -2.33. The van der Waals surface area contributed by atoms with Gasteiger partial charge in [-0.15, -0.1) is 0 Å². The molecule has 0 radical (unpaired) electrons. The molecule has 0 aliphatic rings. The van der Waals surface area contributed by atoms with Crippen molar-refractivity contribution in [3.63, 3.8) is 0 Å². The third-order valence-corrected chi connectivity index (χ3v) is 6.69. The highest BCUT2D eigenvalue weighted by Crippen LogP contribution is 2.06. The van der Waals surface area contributed by atoms with E-state index in [1.807, 2.05) is 0 Å². The third kappa shape index (κ3) is 7.03. The van der Waals surface area contributed by atoms with Gasteiger partial charge in [0.2, 0.25) is 0 Å². The minimum Gasteiger partial charge on any atom is -0.457 e. The predicted octanol–water partition coefficient (Wildman–Crippen LogP) is 2.16. The molecule has 0 fully saturated rings. The van der Waals surface area contributed by atoms with E-state index in [-0.39, 0.29) is 0 Å². The summed E-state index contributed by atoms with van der Waals surface area (Å²) in [6.07, 6.45) is 1.95. The van der Waals surface area contributed by atoms with Gasteiger partial charge in [0.15, 0.2) is 17.4 Å². The summed E-state index contributed by atoms with van der Waals surface area (Å²) in [6, 6.07) is 0. The quantitative estimate of drug-likeness (QED) is 0.490. The van der Waals surface area contributed by atoms with E-state index in [1.165, 1.54) is 0 Å². The molecule has 0 aliphatic heterocycles. The zero-order valence-corrected chi connectivity index (χ0v) is 11.2. The van der Waals surface area contributed by atoms with Gasteiger partial charge in [-0.2, -0.15) is 0 Å². The Hall–Kier alpha value is 0.354. The molecule has 0 unspecified atom stereocenters. The van der Waals surface area contributed by atoms with E-state index >= 15 is 0 Å². The second kappa shape index (κ2) is 5.91. The van der Waals surface area contributed by atoms with Crippen molar-refractivity contribution in [1.29, 1.82) is 0 Å². The lowest BCUT2D eigenvalue weighted by molar-refractivity contribution is 0.165. The van der Waals surface area contributed by atoms with Crippen LogP contribution >= 0.6 is 0 Å². The van der Waals surface area contributed by atoms with E-state index in [0.717, 1.165) is 19.3 Å². The molecule has 0 aromatic carbocycles. The van der Waals surface area contributed by atoms with Gasteiger partial charge in [0.05, 0.1) is 6.23 Å². The molecule has 0 saturated heterocycles. The van der Waals surface area contributed by atoms with Crippen LogP contribution in [0.25, 0.3) is 0 Å². The van der Waals surface area contributed by atoms with Crippen molar-refractivity contribution < 1.29 is 8.85 Å². The second-order valence-electron chi connectivity index (χ2n) is 3.98. The fraction of sp³-hybridized carbons (Fsp3) is 1.00. The standard InChI is InChI=1S/C8H22O2Si2/c1-6-7-9-8-12(4,5)10-11(2)3/h11H,6-8H2,1-5H3. The molecule has 0 bridgehead atoms. The van der Waals surface area contributed by atoms with E-state index in [9.17, 15) is 0 Å². The number of hydrogen-bond acceptors (Lipinski definition) is 2. The lowest BCUT2D eigenvalue weighted by atomic mass is 10.5. The Balaban J connectivity index is 3.56. The van der Waals surface area contributed by atoms with E-state index in [1.54, 1.807) is 0 Å². The van der Waals surface area contributed by atoms with Crippen LogP contribution < -0.4 is 0 Å². The van der Waals surface area contributed by atoms with Gasteiger partial charge in [-0.25, -0.2) is 0 Å². The number of hydrogen-bond donors (Lipinski definition) is 0. The summed E-state index contributed by atoms with van der Waals surface area (Å²) in [5.74, 6) is 0. The summed E-state index contributed by atoms with van der Waals surface area (Å²) in [5, 5.41) is 0. The number of rotatable bonds is 6. The lowest BCUT2D eigenvalue weighted by Gasteiger charge is -2.25. The first-order valence-electron chi connectivity index (χ1n) is 4.73. The SMILES string of the molecule is CCCOC[Si](C)(C)O[SiH](C)C. The Morgan fingerprint density at radius 1 is 1.25 bits per heavy atom. The van der Waals surface area contributed by atoms with Gasteiger partial charge in [-0.3, -0.25) is 0 Å². The molecule has 0 amide bonds. The minimum atomic E-state index is -1.46. The van der Waals surface area contributed by atoms with E-state index in [2.05, 4.69) is 33.1 Å². The molecule has 0 aliphatic carbocycles. The molecule has 74 valence electrons. The Morgan fingerprint density at radius 2 is 1.83 bits per heavy atom. The van der Waals surface area contributed by atoms with E-state index in [0.29, 0.717) is 0 Å². The smallest absolute Gasteiger partial charge is 0.199 e. The molecule has 0 saturated carbocycles. The molecule has 0 aromatic rings. The molecule has 0 heterocycles. The van der Waals surface area contributed by atoms with Crippen molar-refractivity contribution in [2.75, 3.05) is 12.8 Å². The van der Waals surface area contributed by atoms with Gasteiger partial charge in [-0.1, -0.05) is 6.92 Å². The van der Waals surface area contributed by atoms with Crippen molar-refractivity contribution in [2.24, 2.45) is 0 Å². The van der Waals surface area contributed by atoms with Crippen molar-refractivity contribution in [3.05, 3.63) is 0 Å². The van der Waals surface area contributed by atoms with Crippen molar-refractivity contribution in [1.82, 2.24) is 0 Å². The summed E-state index contributed by atoms with van der Waals surface area (Å²) < 4.78 is 11.4. The van der Waals surface area contributed by atoms with Crippen molar-refractivity contribution >= 4 is 17.4 Å². The Morgan fingerprint density at radius 3 is 2.25 bits per heavy atom. The van der Waals surface area contributed by atoms with Gasteiger partial charge < -0.3 is 8.85 Å². The maximum Gasteiger partial charge on any atom is 0.199 e. The van der Waals surface area contributed by atoms with Gasteiger partial charge in [0.1, 0.15) is 0 Å². The molecule has 0 N–H and O–H groups in total. The van der Waals surface area contributed by atoms with Crippen molar-refractivity contribution in [3.8, 4) is 0 Å². The largest absolute Gasteiger partial charge is 0.457 e. The van der Waals surface area contributed by atoms with Gasteiger partial charge in [0, 0.05) is 6.61 Å². The Kier molecular flexibility index (Phi) is 6.08. The van der Waals surface area contributed by atoms with Crippen LogP contribution in [0.2, 0.25) is 26.2 Å². The topological polar surface area (TPSA) is 18.5 Å². The summed E-state index contributed by atoms with van der Waals surface area (Å²) in [6.45, 7) is 11.9. The van der Waals surface area contributed by atoms with Crippen LogP contribution in [0.1, 0.15) is 13.3 Å². The van der Waals surface area contributed by atoms with Crippen LogP contribution in [0.3, 0.4) is 0 Å². The van der Waals surface area contributed by atoms with Gasteiger partial charge >= 0.3 is 0 Å². The maximum absolute atomic E-state index is 5.94. The maximum atomic E-state index is 5.94. The zero-order chi connectivity index (χ0) is 9.61. The first-order chi connectivity index (χ1) is 5.48. The van der Waals surface area contributed by atoms with Crippen LogP contribution in [-0.2, 0) is 8.85 Å². The monoisotopic (exact) mass is 206 g/mol. The third-order valence-electron chi connectivity index (χ3n) is 1.35. The van der Waals surface area contributed by atoms with E-state index in [4.69, 9.17) is 8.85 Å². The second-order valence-corrected chi connectivity index (χ2v) is 10.8. The highest BCUT2D eigenvalue weighted by Gasteiger charge is 2.23. The first kappa shape index (κ1) is 12.4. The Bertz CT molecular complexity index is 116. The normalized spacial score (nSPS) is 12.5. The summed E-state index contributed by atoms with van der Waals surface area (Å²) >= 11 is 0. The van der Waals surface area contributed by atoms with Crippen LogP contribution in [-0.4, -0.2) is 30.2 Å². The highest BCUT2D eigenvalue weighted by molar-refractivity contribution is 6.77. The first-order valence-corrected chi connectivity index (χ1v) is 10.6. The molecule has 0 aromatic heterocycles. The van der Waals surface area contributed by atoms with Crippen LogP contribution in [0.4, 0.5) is 0 Å². The molecular weight excluding hydrogens is 184 g/mol. The van der Waals surface area contributed by atoms with Crippen LogP contribution in [0.5, 0.6) is 0 Å². The van der Waals surface area contributed by atoms with Gasteiger partial charge in [0.25, 0.3) is 0 Å². The average molecular weight is 206 g/mol. The fourth-order valence-corrected chi connectivity index (χ4v) is 7.15. The molecule has 12 heavy (non-hydrogen) atoms.